The van der Waals surface area contributed by atoms with Gasteiger partial charge >= 0.3 is 6.09 Å². The molecule has 2 aliphatic heterocycles. The van der Waals surface area contributed by atoms with E-state index in [0.717, 1.165) is 19.2 Å². The van der Waals surface area contributed by atoms with E-state index in [1.54, 1.807) is 4.90 Å². The molecule has 0 radical (unpaired) electrons. The number of aromatic nitrogens is 2. The molecule has 9 nitrogen and oxygen atoms in total. The lowest BCUT2D eigenvalue weighted by Gasteiger charge is -2.45. The number of nitrogens with zero attached hydrogens (tertiary/aromatic N) is 4. The second kappa shape index (κ2) is 8.89. The molecule has 1 aromatic carbocycles. The number of amides is 1. The maximum absolute atomic E-state index is 15.2. The summed E-state index contributed by atoms with van der Waals surface area (Å²) >= 11 is 5.91. The van der Waals surface area contributed by atoms with Gasteiger partial charge in [-0.3, -0.25) is 0 Å². The molecule has 3 aliphatic rings. The number of halogens is 2. The Balaban J connectivity index is 1.31. The Morgan fingerprint density at radius 2 is 1.97 bits per heavy atom. The smallest absolute Gasteiger partial charge is 0.410 e. The summed E-state index contributed by atoms with van der Waals surface area (Å²) in [5.74, 6) is -1.76. The molecule has 1 amide bonds. The minimum atomic E-state index is -0.885. The largest absolute Gasteiger partial charge is 0.471 e. The van der Waals surface area contributed by atoms with Crippen LogP contribution in [0.2, 0.25) is 5.02 Å². The van der Waals surface area contributed by atoms with E-state index in [1.165, 1.54) is 18.2 Å². The van der Waals surface area contributed by atoms with E-state index in [-0.39, 0.29) is 46.6 Å². The van der Waals surface area contributed by atoms with Gasteiger partial charge in [-0.15, -0.1) is 0 Å². The third-order valence-electron chi connectivity index (χ3n) is 6.29. The summed E-state index contributed by atoms with van der Waals surface area (Å²) in [4.78, 5) is 22.1. The highest BCUT2D eigenvalue weighted by Crippen LogP contribution is 2.40. The lowest BCUT2D eigenvalue weighted by Crippen LogP contribution is -2.59. The molecule has 178 valence electrons. The molecule has 2 saturated heterocycles. The average molecular weight is 489 g/mol. The van der Waals surface area contributed by atoms with Gasteiger partial charge in [-0.05, 0) is 38.0 Å². The Kier molecular flexibility index (Phi) is 5.91. The van der Waals surface area contributed by atoms with Crippen LogP contribution in [0.25, 0.3) is 0 Å². The van der Waals surface area contributed by atoms with Gasteiger partial charge in [0.25, 0.3) is 11.8 Å². The van der Waals surface area contributed by atoms with Crippen LogP contribution in [0, 0.1) is 29.0 Å². The van der Waals surface area contributed by atoms with E-state index >= 15 is 4.39 Å². The van der Waals surface area contributed by atoms with Crippen molar-refractivity contribution in [2.45, 2.75) is 31.5 Å². The number of hydrogen-bond donors (Lipinski definition) is 0. The van der Waals surface area contributed by atoms with Crippen molar-refractivity contribution < 1.29 is 28.1 Å². The maximum Gasteiger partial charge on any atom is 0.410 e. The normalized spacial score (nSPS) is 24.6. The van der Waals surface area contributed by atoms with Crippen LogP contribution in [0.1, 0.15) is 25.3 Å². The third-order valence-corrected chi connectivity index (χ3v) is 6.53. The van der Waals surface area contributed by atoms with Crippen molar-refractivity contribution in [3.63, 3.8) is 0 Å². The van der Waals surface area contributed by atoms with Crippen molar-refractivity contribution in [2.24, 2.45) is 11.8 Å². The summed E-state index contributed by atoms with van der Waals surface area (Å²) in [6.07, 6.45) is 2.13. The highest BCUT2D eigenvalue weighted by molar-refractivity contribution is 6.30. The fourth-order valence-corrected chi connectivity index (χ4v) is 4.37. The van der Waals surface area contributed by atoms with Crippen molar-refractivity contribution >= 4 is 17.7 Å². The van der Waals surface area contributed by atoms with Gasteiger partial charge in [0.2, 0.25) is 5.82 Å². The number of likely N-dealkylation sites (tertiary alicyclic amines) is 1. The van der Waals surface area contributed by atoms with Crippen LogP contribution in [-0.4, -0.2) is 59.0 Å². The number of nitriles is 1. The highest BCUT2D eigenvalue weighted by Gasteiger charge is 2.47. The fourth-order valence-electron chi connectivity index (χ4n) is 4.20. The second-order valence-electron chi connectivity index (χ2n) is 9.02. The van der Waals surface area contributed by atoms with Crippen molar-refractivity contribution in [3.05, 3.63) is 40.9 Å². The first-order valence-corrected chi connectivity index (χ1v) is 11.3. The number of carbonyl (C=O) groups is 1. The minimum Gasteiger partial charge on any atom is -0.471 e. The number of benzene rings is 1. The molecule has 1 saturated carbocycles. The first kappa shape index (κ1) is 22.6. The molecule has 3 heterocycles. The molecule has 2 aromatic rings. The Morgan fingerprint density at radius 1 is 1.26 bits per heavy atom. The van der Waals surface area contributed by atoms with Gasteiger partial charge in [0, 0.05) is 29.9 Å². The van der Waals surface area contributed by atoms with Crippen LogP contribution in [0.5, 0.6) is 17.5 Å². The zero-order valence-corrected chi connectivity index (χ0v) is 19.1. The van der Waals surface area contributed by atoms with Crippen LogP contribution in [-0.2, 0) is 9.47 Å². The molecular formula is C23H22ClFN4O5. The van der Waals surface area contributed by atoms with Gasteiger partial charge in [-0.2, -0.15) is 19.6 Å². The Morgan fingerprint density at radius 3 is 2.65 bits per heavy atom. The van der Waals surface area contributed by atoms with Gasteiger partial charge in [-0.25, -0.2) is 4.79 Å². The summed E-state index contributed by atoms with van der Waals surface area (Å²) < 4.78 is 38.0. The molecule has 1 aromatic heterocycles. The molecule has 1 aliphatic carbocycles. The van der Waals surface area contributed by atoms with Gasteiger partial charge in [0.1, 0.15) is 29.9 Å². The van der Waals surface area contributed by atoms with Crippen LogP contribution in [0.3, 0.4) is 0 Å². The topological polar surface area (TPSA) is 107 Å². The van der Waals surface area contributed by atoms with E-state index < -0.39 is 11.9 Å². The summed E-state index contributed by atoms with van der Waals surface area (Å²) in [5.41, 5.74) is -0.217. The second-order valence-corrected chi connectivity index (χ2v) is 9.45. The molecule has 2 atom stereocenters. The SMILES string of the molecule is CC1(OC(=O)N2CC3COCC(C2)C3Oc2ncnc(Oc3ccc(Cl)cc3C#N)c2F)CC1. The molecule has 11 heteroatoms. The Hall–Kier alpha value is -3.16. The van der Waals surface area contributed by atoms with Gasteiger partial charge in [0.05, 0.1) is 18.8 Å². The lowest BCUT2D eigenvalue weighted by molar-refractivity contribution is -0.112. The maximum atomic E-state index is 15.2. The van der Waals surface area contributed by atoms with Crippen molar-refractivity contribution in [1.29, 1.82) is 5.26 Å². The van der Waals surface area contributed by atoms with Gasteiger partial charge in [-0.1, -0.05) is 11.6 Å². The third kappa shape index (κ3) is 4.58. The number of hydrogen-bond acceptors (Lipinski definition) is 8. The Bertz CT molecular complexity index is 1140. The number of piperidine rings is 1. The van der Waals surface area contributed by atoms with Crippen LogP contribution in [0.4, 0.5) is 9.18 Å². The zero-order valence-electron chi connectivity index (χ0n) is 18.4. The van der Waals surface area contributed by atoms with Crippen molar-refractivity contribution in [3.8, 4) is 23.6 Å². The summed E-state index contributed by atoms with van der Waals surface area (Å²) in [5, 5.41) is 9.64. The van der Waals surface area contributed by atoms with Crippen molar-refractivity contribution in [1.82, 2.24) is 14.9 Å². The number of ether oxygens (including phenoxy) is 4. The van der Waals surface area contributed by atoms with E-state index in [2.05, 4.69) is 9.97 Å². The molecule has 0 N–H and O–H groups in total. The summed E-state index contributed by atoms with van der Waals surface area (Å²) in [7, 11) is 0. The van der Waals surface area contributed by atoms with Crippen LogP contribution < -0.4 is 9.47 Å². The van der Waals surface area contributed by atoms with Crippen LogP contribution >= 0.6 is 11.6 Å². The predicted octanol–water partition coefficient (Wildman–Crippen LogP) is 3.95. The van der Waals surface area contributed by atoms with E-state index in [1.807, 2.05) is 13.0 Å². The predicted molar refractivity (Wildman–Crippen MR) is 116 cm³/mol. The number of rotatable bonds is 5. The van der Waals surface area contributed by atoms with E-state index in [0.29, 0.717) is 31.3 Å². The van der Waals surface area contributed by atoms with E-state index in [9.17, 15) is 10.1 Å². The standard InChI is InChI=1S/C23H22ClFN4O5/c1-23(4-5-23)34-22(30)29-8-14-10-31-11-15(9-29)19(14)33-21-18(25)20(27-12-28-21)32-17-3-2-16(24)6-13(17)7-26/h2-3,6,12,14-15,19H,4-5,8-11H2,1H3. The summed E-state index contributed by atoms with van der Waals surface area (Å²) in [6, 6.07) is 6.35. The zero-order chi connectivity index (χ0) is 23.9. The number of fused-ring (bicyclic) bond motifs is 2. The first-order valence-electron chi connectivity index (χ1n) is 11.0. The van der Waals surface area contributed by atoms with Crippen molar-refractivity contribution in [2.75, 3.05) is 26.3 Å². The lowest BCUT2D eigenvalue weighted by atomic mass is 9.84. The van der Waals surface area contributed by atoms with E-state index in [4.69, 9.17) is 30.5 Å². The molecule has 0 spiro atoms. The average Bonchev–Trinajstić information content (AvgIpc) is 3.53. The molecule has 2 unspecified atom stereocenters. The molecule has 5 rings (SSSR count). The quantitative estimate of drug-likeness (QED) is 0.622. The van der Waals surface area contributed by atoms with Gasteiger partial charge < -0.3 is 23.8 Å². The number of carbonyl (C=O) groups excluding carboxylic acids is 1. The first-order chi connectivity index (χ1) is 16.3. The Labute approximate surface area is 200 Å². The highest BCUT2D eigenvalue weighted by atomic mass is 35.5. The molecule has 2 bridgehead atoms. The van der Waals surface area contributed by atoms with Gasteiger partial charge in [0.15, 0.2) is 0 Å². The summed E-state index contributed by atoms with van der Waals surface area (Å²) in [6.45, 7) is 3.42. The molecular weight excluding hydrogens is 467 g/mol. The van der Waals surface area contributed by atoms with Crippen LogP contribution in [0.15, 0.2) is 24.5 Å². The molecule has 3 fully saturated rings. The minimum absolute atomic E-state index is 0.108. The molecule has 34 heavy (non-hydrogen) atoms. The fraction of sp³-hybridized carbons (Fsp3) is 0.478. The monoisotopic (exact) mass is 488 g/mol.